The molecule has 0 unspecified atom stereocenters. The number of aromatic amines is 1. The van der Waals surface area contributed by atoms with Crippen molar-refractivity contribution in [3.05, 3.63) is 64.5 Å². The number of hydrogen-bond acceptors (Lipinski definition) is 5. The summed E-state index contributed by atoms with van der Waals surface area (Å²) in [7, 11) is 1.72. The second kappa shape index (κ2) is 6.16. The van der Waals surface area contributed by atoms with Gasteiger partial charge in [0.25, 0.3) is 5.91 Å². The smallest absolute Gasteiger partial charge is 0.292 e. The zero-order valence-corrected chi connectivity index (χ0v) is 16.1. The van der Waals surface area contributed by atoms with Crippen LogP contribution in [0.25, 0.3) is 5.52 Å². The highest BCUT2D eigenvalue weighted by atomic mass is 35.5. The molecule has 4 aromatic rings. The third-order valence-electron chi connectivity index (χ3n) is 5.00. The Bertz CT molecular complexity index is 1210. The molecule has 0 bridgehead atoms. The van der Waals surface area contributed by atoms with Crippen LogP contribution in [0.15, 0.2) is 30.7 Å². The number of imidazole rings is 1. The molecular formula is C18H17ClN8O. The maximum Gasteiger partial charge on any atom is 0.292 e. The average Bonchev–Trinajstić information content (AvgIpc) is 3.38. The van der Waals surface area contributed by atoms with Gasteiger partial charge in [0.1, 0.15) is 11.9 Å². The van der Waals surface area contributed by atoms with Gasteiger partial charge < -0.3 is 9.88 Å². The molecule has 28 heavy (non-hydrogen) atoms. The SMILES string of the molecule is Cc1nc(C(=O)N2CCc3[nH]cnc3[C@@H]2c2cc3c(Cl)cccn3n2)n(C)n1. The fourth-order valence-electron chi connectivity index (χ4n) is 3.76. The molecule has 5 heterocycles. The molecule has 142 valence electrons. The molecule has 1 amide bonds. The number of nitrogens with zero attached hydrogens (tertiary/aromatic N) is 7. The lowest BCUT2D eigenvalue weighted by atomic mass is 9.99. The topological polar surface area (TPSA) is 97.0 Å². The van der Waals surface area contributed by atoms with Gasteiger partial charge in [-0.15, -0.1) is 0 Å². The molecule has 1 atom stereocenters. The zero-order chi connectivity index (χ0) is 19.4. The van der Waals surface area contributed by atoms with Gasteiger partial charge in [0.05, 0.1) is 28.3 Å². The van der Waals surface area contributed by atoms with Crippen LogP contribution in [0.1, 0.15) is 39.6 Å². The summed E-state index contributed by atoms with van der Waals surface area (Å²) >= 11 is 6.32. The molecule has 4 aromatic heterocycles. The van der Waals surface area contributed by atoms with E-state index in [2.05, 4.69) is 25.1 Å². The summed E-state index contributed by atoms with van der Waals surface area (Å²) in [6.07, 6.45) is 4.17. The van der Waals surface area contributed by atoms with Gasteiger partial charge in [-0.3, -0.25) is 4.79 Å². The van der Waals surface area contributed by atoms with Crippen molar-refractivity contribution in [3.63, 3.8) is 0 Å². The van der Waals surface area contributed by atoms with Gasteiger partial charge in [0.2, 0.25) is 5.82 Å². The molecule has 10 heteroatoms. The summed E-state index contributed by atoms with van der Waals surface area (Å²) in [4.78, 5) is 27.0. The minimum atomic E-state index is -0.435. The van der Waals surface area contributed by atoms with E-state index in [-0.39, 0.29) is 5.91 Å². The molecule has 0 spiro atoms. The van der Waals surface area contributed by atoms with E-state index in [1.807, 2.05) is 24.4 Å². The van der Waals surface area contributed by atoms with Gasteiger partial charge in [-0.05, 0) is 25.1 Å². The number of H-pyrrole nitrogens is 1. The van der Waals surface area contributed by atoms with E-state index in [1.165, 1.54) is 4.68 Å². The molecule has 1 aliphatic rings. The minimum Gasteiger partial charge on any atom is -0.348 e. The normalized spacial score (nSPS) is 16.5. The van der Waals surface area contributed by atoms with Crippen LogP contribution in [0.4, 0.5) is 0 Å². The first kappa shape index (κ1) is 16.9. The molecular weight excluding hydrogens is 380 g/mol. The number of hydrogen-bond donors (Lipinski definition) is 1. The predicted molar refractivity (Wildman–Crippen MR) is 101 cm³/mol. The van der Waals surface area contributed by atoms with E-state index in [9.17, 15) is 4.79 Å². The second-order valence-electron chi connectivity index (χ2n) is 6.78. The predicted octanol–water partition coefficient (Wildman–Crippen LogP) is 1.94. The summed E-state index contributed by atoms with van der Waals surface area (Å²) in [5.41, 5.74) is 3.28. The maximum atomic E-state index is 13.3. The number of amides is 1. The molecule has 0 saturated heterocycles. The summed E-state index contributed by atoms with van der Waals surface area (Å²) in [5, 5.41) is 9.47. The van der Waals surface area contributed by atoms with Crippen LogP contribution in [-0.2, 0) is 13.5 Å². The Morgan fingerprint density at radius 2 is 2.21 bits per heavy atom. The number of fused-ring (bicyclic) bond motifs is 2. The maximum absolute atomic E-state index is 13.3. The minimum absolute atomic E-state index is 0.204. The van der Waals surface area contributed by atoms with Crippen molar-refractivity contribution in [2.45, 2.75) is 19.4 Å². The van der Waals surface area contributed by atoms with Crippen molar-refractivity contribution in [3.8, 4) is 0 Å². The monoisotopic (exact) mass is 396 g/mol. The van der Waals surface area contributed by atoms with Crippen LogP contribution in [0, 0.1) is 6.92 Å². The van der Waals surface area contributed by atoms with Gasteiger partial charge in [-0.1, -0.05) is 11.6 Å². The summed E-state index contributed by atoms with van der Waals surface area (Å²) in [6.45, 7) is 2.28. The summed E-state index contributed by atoms with van der Waals surface area (Å²) in [6, 6.07) is 5.11. The molecule has 0 saturated carbocycles. The quantitative estimate of drug-likeness (QED) is 0.558. The zero-order valence-electron chi connectivity index (χ0n) is 15.3. The standard InChI is InChI=1S/C18H17ClN8O/c1-10-22-17(25(2)23-10)18(28)26-7-5-12-15(21-9-20-12)16(26)13-8-14-11(19)4-3-6-27(14)24-13/h3-4,6,8-9,16H,5,7H2,1-2H3,(H,20,21)/t16-/m0/s1. The Morgan fingerprint density at radius 1 is 1.36 bits per heavy atom. The van der Waals surface area contributed by atoms with Crippen LogP contribution in [-0.4, -0.2) is 51.7 Å². The van der Waals surface area contributed by atoms with Crippen LogP contribution < -0.4 is 0 Å². The van der Waals surface area contributed by atoms with Crippen molar-refractivity contribution < 1.29 is 4.79 Å². The van der Waals surface area contributed by atoms with Crippen molar-refractivity contribution in [1.82, 2.24) is 39.2 Å². The second-order valence-corrected chi connectivity index (χ2v) is 7.19. The number of halogens is 1. The molecule has 5 rings (SSSR count). The molecule has 0 aliphatic carbocycles. The number of rotatable bonds is 2. The highest BCUT2D eigenvalue weighted by molar-refractivity contribution is 6.33. The lowest BCUT2D eigenvalue weighted by Crippen LogP contribution is -2.42. The van der Waals surface area contributed by atoms with Crippen molar-refractivity contribution in [2.24, 2.45) is 7.05 Å². The Hall–Kier alpha value is -3.20. The van der Waals surface area contributed by atoms with E-state index in [4.69, 9.17) is 11.6 Å². The van der Waals surface area contributed by atoms with E-state index < -0.39 is 6.04 Å². The Balaban J connectivity index is 1.65. The Kier molecular flexibility index (Phi) is 3.73. The molecule has 1 aliphatic heterocycles. The van der Waals surface area contributed by atoms with Crippen LogP contribution in [0.2, 0.25) is 5.02 Å². The highest BCUT2D eigenvalue weighted by Gasteiger charge is 2.37. The lowest BCUT2D eigenvalue weighted by Gasteiger charge is -2.33. The van der Waals surface area contributed by atoms with E-state index in [0.717, 1.165) is 16.9 Å². The third kappa shape index (κ3) is 2.50. The highest BCUT2D eigenvalue weighted by Crippen LogP contribution is 2.34. The van der Waals surface area contributed by atoms with Crippen molar-refractivity contribution in [1.29, 1.82) is 0 Å². The first-order valence-corrected chi connectivity index (χ1v) is 9.25. The first-order chi connectivity index (χ1) is 13.5. The average molecular weight is 397 g/mol. The number of aryl methyl sites for hydroxylation is 2. The van der Waals surface area contributed by atoms with Crippen molar-refractivity contribution in [2.75, 3.05) is 6.54 Å². The van der Waals surface area contributed by atoms with Gasteiger partial charge >= 0.3 is 0 Å². The molecule has 9 nitrogen and oxygen atoms in total. The summed E-state index contributed by atoms with van der Waals surface area (Å²) in [5.74, 6) is 0.646. The number of nitrogens with one attached hydrogen (secondary N) is 1. The number of carbonyl (C=O) groups excluding carboxylic acids is 1. The van der Waals surface area contributed by atoms with Gasteiger partial charge in [-0.25, -0.2) is 19.2 Å². The largest absolute Gasteiger partial charge is 0.348 e. The van der Waals surface area contributed by atoms with Crippen LogP contribution >= 0.6 is 11.6 Å². The molecule has 0 aromatic carbocycles. The fourth-order valence-corrected chi connectivity index (χ4v) is 3.97. The number of carbonyl (C=O) groups is 1. The van der Waals surface area contributed by atoms with E-state index >= 15 is 0 Å². The van der Waals surface area contributed by atoms with Gasteiger partial charge in [0.15, 0.2) is 0 Å². The molecule has 0 radical (unpaired) electrons. The fraction of sp³-hybridized carbons (Fsp3) is 0.278. The van der Waals surface area contributed by atoms with E-state index in [1.54, 1.807) is 29.7 Å². The Labute approximate surface area is 165 Å². The summed E-state index contributed by atoms with van der Waals surface area (Å²) < 4.78 is 3.23. The molecule has 0 fully saturated rings. The first-order valence-electron chi connectivity index (χ1n) is 8.87. The lowest BCUT2D eigenvalue weighted by molar-refractivity contribution is 0.0669. The van der Waals surface area contributed by atoms with Gasteiger partial charge in [-0.2, -0.15) is 10.2 Å². The van der Waals surface area contributed by atoms with Crippen LogP contribution in [0.3, 0.4) is 0 Å². The van der Waals surface area contributed by atoms with Crippen LogP contribution in [0.5, 0.6) is 0 Å². The number of aromatic nitrogens is 7. The van der Waals surface area contributed by atoms with E-state index in [0.29, 0.717) is 35.3 Å². The Morgan fingerprint density at radius 3 is 2.96 bits per heavy atom. The number of pyridine rings is 1. The molecule has 1 N–H and O–H groups in total. The van der Waals surface area contributed by atoms with Crippen molar-refractivity contribution >= 4 is 23.0 Å². The third-order valence-corrected chi connectivity index (χ3v) is 5.31. The van der Waals surface area contributed by atoms with Gasteiger partial charge in [0, 0.05) is 31.9 Å².